The first-order chi connectivity index (χ1) is 8.27. The Hall–Kier alpha value is -0.650. The molecule has 0 aliphatic carbocycles. The minimum Gasteiger partial charge on any atom is -0.395 e. The van der Waals surface area contributed by atoms with Crippen LogP contribution >= 0.6 is 0 Å². The van der Waals surface area contributed by atoms with E-state index in [1.807, 2.05) is 0 Å². The van der Waals surface area contributed by atoms with Crippen LogP contribution in [-0.4, -0.2) is 50.6 Å². The second kappa shape index (κ2) is 5.80. The summed E-state index contributed by atoms with van der Waals surface area (Å²) >= 11 is 0. The third-order valence-electron chi connectivity index (χ3n) is 3.72. The van der Waals surface area contributed by atoms with E-state index in [-0.39, 0.29) is 12.5 Å². The lowest BCUT2D eigenvalue weighted by atomic mass is 9.86. The number of carbonyl (C=O) groups is 1. The van der Waals surface area contributed by atoms with Gasteiger partial charge in [0.1, 0.15) is 5.41 Å². The zero-order valence-electron chi connectivity index (χ0n) is 10.1. The summed E-state index contributed by atoms with van der Waals surface area (Å²) < 4.78 is 10.3. The molecule has 5 heteroatoms. The van der Waals surface area contributed by atoms with Gasteiger partial charge in [0.2, 0.25) is 5.91 Å². The summed E-state index contributed by atoms with van der Waals surface area (Å²) in [6.07, 6.45) is 3.17. The lowest BCUT2D eigenvalue weighted by Crippen LogP contribution is -2.56. The molecule has 2 heterocycles. The molecule has 0 bridgehead atoms. The van der Waals surface area contributed by atoms with Gasteiger partial charge in [-0.1, -0.05) is 0 Å². The van der Waals surface area contributed by atoms with Crippen LogP contribution in [0.3, 0.4) is 0 Å². The maximum atomic E-state index is 11.8. The molecule has 2 aliphatic heterocycles. The Kier molecular flexibility index (Phi) is 4.36. The zero-order valence-corrected chi connectivity index (χ0v) is 10.1. The first-order valence-electron chi connectivity index (χ1n) is 6.31. The molecule has 0 atom stereocenters. The molecule has 98 valence electrons. The van der Waals surface area contributed by atoms with Crippen molar-refractivity contribution in [3.63, 3.8) is 0 Å². The van der Waals surface area contributed by atoms with Crippen LogP contribution in [0, 0.1) is 11.3 Å². The van der Waals surface area contributed by atoms with E-state index in [4.69, 9.17) is 9.47 Å². The molecule has 2 rings (SSSR count). The number of aliphatic hydroxyl groups is 1. The van der Waals surface area contributed by atoms with Crippen molar-refractivity contribution in [2.75, 3.05) is 39.6 Å². The summed E-state index contributed by atoms with van der Waals surface area (Å²) in [7, 11) is 0. The highest BCUT2D eigenvalue weighted by Crippen LogP contribution is 2.27. The van der Waals surface area contributed by atoms with E-state index in [0.717, 1.165) is 32.5 Å². The fourth-order valence-corrected chi connectivity index (χ4v) is 2.26. The molecule has 2 aliphatic rings. The number of aliphatic hydroxyl groups excluding tert-OH is 1. The number of ether oxygens (including phenoxy) is 2. The molecular weight excluding hydrogens is 222 g/mol. The molecule has 2 N–H and O–H groups in total. The van der Waals surface area contributed by atoms with Crippen LogP contribution in [0.2, 0.25) is 0 Å². The van der Waals surface area contributed by atoms with Crippen LogP contribution in [0.4, 0.5) is 0 Å². The third kappa shape index (κ3) is 2.97. The van der Waals surface area contributed by atoms with Crippen molar-refractivity contribution in [1.29, 1.82) is 0 Å². The van der Waals surface area contributed by atoms with Crippen molar-refractivity contribution in [3.05, 3.63) is 0 Å². The van der Waals surface area contributed by atoms with Crippen molar-refractivity contribution in [2.45, 2.75) is 19.3 Å². The van der Waals surface area contributed by atoms with E-state index in [0.29, 0.717) is 25.7 Å². The Morgan fingerprint density at radius 3 is 2.53 bits per heavy atom. The van der Waals surface area contributed by atoms with E-state index in [1.54, 1.807) is 0 Å². The molecule has 0 spiro atoms. The first kappa shape index (κ1) is 12.8. The Morgan fingerprint density at radius 2 is 2.00 bits per heavy atom. The number of amides is 1. The lowest BCUT2D eigenvalue weighted by molar-refractivity contribution is -0.170. The van der Waals surface area contributed by atoms with Gasteiger partial charge in [-0.25, -0.2) is 0 Å². The summed E-state index contributed by atoms with van der Waals surface area (Å²) in [6, 6.07) is 0. The van der Waals surface area contributed by atoms with Crippen LogP contribution in [0.25, 0.3) is 0 Å². The molecule has 1 amide bonds. The highest BCUT2D eigenvalue weighted by Gasteiger charge is 2.45. The number of hydrogen-bond donors (Lipinski definition) is 2. The molecule has 0 unspecified atom stereocenters. The molecule has 2 saturated heterocycles. The summed E-state index contributed by atoms with van der Waals surface area (Å²) in [4.78, 5) is 11.8. The van der Waals surface area contributed by atoms with Crippen molar-refractivity contribution in [2.24, 2.45) is 11.3 Å². The zero-order chi connectivity index (χ0) is 12.1. The van der Waals surface area contributed by atoms with Gasteiger partial charge in [0.05, 0.1) is 19.8 Å². The van der Waals surface area contributed by atoms with Crippen LogP contribution in [0.15, 0.2) is 0 Å². The van der Waals surface area contributed by atoms with E-state index >= 15 is 0 Å². The standard InChI is InChI=1S/C12H21NO4/c14-7-12(8-17-9-12)11(15)13-4-1-10-2-5-16-6-3-10/h10,14H,1-9H2,(H,13,15). The molecule has 17 heavy (non-hydrogen) atoms. The van der Waals surface area contributed by atoms with Gasteiger partial charge in [0, 0.05) is 19.8 Å². The topological polar surface area (TPSA) is 67.8 Å². The van der Waals surface area contributed by atoms with E-state index < -0.39 is 5.41 Å². The quantitative estimate of drug-likeness (QED) is 0.709. The Bertz CT molecular complexity index is 254. The number of carbonyl (C=O) groups excluding carboxylic acids is 1. The van der Waals surface area contributed by atoms with Gasteiger partial charge in [0.15, 0.2) is 0 Å². The van der Waals surface area contributed by atoms with Crippen LogP contribution in [-0.2, 0) is 14.3 Å². The molecule has 0 aromatic carbocycles. The number of hydrogen-bond acceptors (Lipinski definition) is 4. The Balaban J connectivity index is 1.65. The molecule has 0 aromatic rings. The predicted octanol–water partition coefficient (Wildman–Crippen LogP) is -0.0718. The smallest absolute Gasteiger partial charge is 0.233 e. The maximum Gasteiger partial charge on any atom is 0.233 e. The monoisotopic (exact) mass is 243 g/mol. The molecule has 5 nitrogen and oxygen atoms in total. The first-order valence-corrected chi connectivity index (χ1v) is 6.31. The van der Waals surface area contributed by atoms with Gasteiger partial charge >= 0.3 is 0 Å². The van der Waals surface area contributed by atoms with Crippen molar-refractivity contribution >= 4 is 5.91 Å². The maximum absolute atomic E-state index is 11.8. The minimum atomic E-state index is -0.671. The molecule has 0 radical (unpaired) electrons. The van der Waals surface area contributed by atoms with Gasteiger partial charge in [-0.2, -0.15) is 0 Å². The van der Waals surface area contributed by atoms with Crippen molar-refractivity contribution in [3.8, 4) is 0 Å². The fourth-order valence-electron chi connectivity index (χ4n) is 2.26. The SMILES string of the molecule is O=C(NCCC1CCOCC1)C1(CO)COC1. The molecular formula is C12H21NO4. The van der Waals surface area contributed by atoms with Crippen LogP contribution in [0.5, 0.6) is 0 Å². The average molecular weight is 243 g/mol. The Morgan fingerprint density at radius 1 is 1.29 bits per heavy atom. The summed E-state index contributed by atoms with van der Waals surface area (Å²) in [6.45, 7) is 2.92. The van der Waals surface area contributed by atoms with E-state index in [1.165, 1.54) is 0 Å². The summed E-state index contributed by atoms with van der Waals surface area (Å²) in [5, 5.41) is 12.1. The molecule has 0 aromatic heterocycles. The second-order valence-electron chi connectivity index (χ2n) is 5.03. The fraction of sp³-hybridized carbons (Fsp3) is 0.917. The van der Waals surface area contributed by atoms with E-state index in [9.17, 15) is 9.90 Å². The second-order valence-corrected chi connectivity index (χ2v) is 5.03. The summed E-state index contributed by atoms with van der Waals surface area (Å²) in [5.74, 6) is 0.588. The van der Waals surface area contributed by atoms with Gasteiger partial charge in [-0.3, -0.25) is 4.79 Å². The van der Waals surface area contributed by atoms with Gasteiger partial charge in [-0.15, -0.1) is 0 Å². The van der Waals surface area contributed by atoms with Crippen molar-refractivity contribution in [1.82, 2.24) is 5.32 Å². The number of nitrogens with one attached hydrogen (secondary N) is 1. The van der Waals surface area contributed by atoms with Gasteiger partial charge in [-0.05, 0) is 25.2 Å². The van der Waals surface area contributed by atoms with Gasteiger partial charge in [0.25, 0.3) is 0 Å². The summed E-state index contributed by atoms with van der Waals surface area (Å²) in [5.41, 5.74) is -0.671. The van der Waals surface area contributed by atoms with Crippen LogP contribution < -0.4 is 5.32 Å². The lowest BCUT2D eigenvalue weighted by Gasteiger charge is -2.38. The Labute approximate surface area is 101 Å². The van der Waals surface area contributed by atoms with E-state index in [2.05, 4.69) is 5.32 Å². The highest BCUT2D eigenvalue weighted by molar-refractivity contribution is 5.83. The average Bonchev–Trinajstić information content (AvgIpc) is 2.30. The molecule has 2 fully saturated rings. The van der Waals surface area contributed by atoms with Crippen molar-refractivity contribution < 1.29 is 19.4 Å². The highest BCUT2D eigenvalue weighted by atomic mass is 16.5. The largest absolute Gasteiger partial charge is 0.395 e. The normalized spacial score (nSPS) is 24.1. The third-order valence-corrected chi connectivity index (χ3v) is 3.72. The number of rotatable bonds is 5. The van der Waals surface area contributed by atoms with Crippen LogP contribution in [0.1, 0.15) is 19.3 Å². The predicted molar refractivity (Wildman–Crippen MR) is 61.5 cm³/mol. The molecule has 0 saturated carbocycles. The minimum absolute atomic E-state index is 0.0710. The van der Waals surface area contributed by atoms with Gasteiger partial charge < -0.3 is 19.9 Å².